The lowest BCUT2D eigenvalue weighted by atomic mass is 10.00. The third-order valence-corrected chi connectivity index (χ3v) is 17.8. The highest BCUT2D eigenvalue weighted by molar-refractivity contribution is 7.47. The molecule has 0 fully saturated rings. The summed E-state index contributed by atoms with van der Waals surface area (Å²) in [6.45, 7) is 11.7. The Kier molecular flexibility index (Phi) is 58.8. The predicted molar refractivity (Wildman–Crippen MR) is 358 cm³/mol. The molecule has 0 bridgehead atoms. The zero-order valence-corrected chi connectivity index (χ0v) is 59.2. The second-order valence-corrected chi connectivity index (χ2v) is 28.7. The number of esters is 4. The number of hydrogen-bond acceptors (Lipinski definition) is 15. The monoisotopic (exact) mass is 1310 g/mol. The van der Waals surface area contributed by atoms with E-state index in [-0.39, 0.29) is 25.7 Å². The molecule has 89 heavy (non-hydrogen) atoms. The van der Waals surface area contributed by atoms with E-state index in [9.17, 15) is 43.2 Å². The van der Waals surface area contributed by atoms with Gasteiger partial charge in [-0.2, -0.15) is 0 Å². The highest BCUT2D eigenvalue weighted by Crippen LogP contribution is 2.45. The van der Waals surface area contributed by atoms with E-state index in [1.165, 1.54) is 116 Å². The SMILES string of the molecule is CCCCCC/C=C\C=C/CCCCCCCC(=O)O[C@H](COC(=O)CCCCCCCCCCCCCC(C)C)COP(=O)(O)OCC(O)COP(=O)(O)OC[C@@H](COC(=O)CCCCCCCCCC(C)C)OC(=O)CCCCCCCCC(C)CC. The molecule has 0 amide bonds. The highest BCUT2D eigenvalue weighted by atomic mass is 31.2. The number of rotatable bonds is 66. The molecule has 0 aliphatic rings. The Morgan fingerprint density at radius 3 is 1.00 bits per heavy atom. The number of aliphatic hydroxyl groups excluding tert-OH is 1. The van der Waals surface area contributed by atoms with Crippen LogP contribution in [-0.4, -0.2) is 96.7 Å². The number of unbranched alkanes of at least 4 members (excludes halogenated alkanes) is 30. The molecule has 0 radical (unpaired) electrons. The molecule has 0 saturated carbocycles. The fourth-order valence-electron chi connectivity index (χ4n) is 9.97. The van der Waals surface area contributed by atoms with E-state index >= 15 is 0 Å². The maximum atomic E-state index is 13.0. The molecule has 19 heteroatoms. The van der Waals surface area contributed by atoms with Gasteiger partial charge in [0.15, 0.2) is 12.2 Å². The second-order valence-electron chi connectivity index (χ2n) is 25.8. The van der Waals surface area contributed by atoms with E-state index < -0.39 is 97.5 Å². The molecule has 4 unspecified atom stereocenters. The van der Waals surface area contributed by atoms with Gasteiger partial charge in [0.25, 0.3) is 0 Å². The van der Waals surface area contributed by atoms with Crippen molar-refractivity contribution < 1.29 is 80.2 Å². The largest absolute Gasteiger partial charge is 0.472 e. The predicted octanol–water partition coefficient (Wildman–Crippen LogP) is 19.4. The van der Waals surface area contributed by atoms with Crippen LogP contribution in [-0.2, 0) is 65.4 Å². The molecule has 0 aromatic rings. The van der Waals surface area contributed by atoms with Crippen LogP contribution in [0.3, 0.4) is 0 Å². The topological polar surface area (TPSA) is 237 Å². The zero-order valence-electron chi connectivity index (χ0n) is 57.4. The van der Waals surface area contributed by atoms with Crippen LogP contribution in [0.4, 0.5) is 0 Å². The number of carbonyl (C=O) groups excluding carboxylic acids is 4. The van der Waals surface area contributed by atoms with E-state index in [1.807, 2.05) is 0 Å². The summed E-state index contributed by atoms with van der Waals surface area (Å²) in [5.74, 6) is 0.0294. The summed E-state index contributed by atoms with van der Waals surface area (Å²) in [5, 5.41) is 10.6. The number of hydrogen-bond donors (Lipinski definition) is 3. The summed E-state index contributed by atoms with van der Waals surface area (Å²) in [6.07, 6.45) is 46.8. The van der Waals surface area contributed by atoms with E-state index in [1.54, 1.807) is 0 Å². The summed E-state index contributed by atoms with van der Waals surface area (Å²) in [5.41, 5.74) is 0. The molecule has 0 rings (SSSR count). The van der Waals surface area contributed by atoms with E-state index in [0.717, 1.165) is 121 Å². The summed E-state index contributed by atoms with van der Waals surface area (Å²) in [7, 11) is -9.91. The van der Waals surface area contributed by atoms with Crippen molar-refractivity contribution in [3.05, 3.63) is 24.3 Å². The summed E-state index contributed by atoms with van der Waals surface area (Å²) in [4.78, 5) is 72.5. The molecule has 0 aliphatic carbocycles. The van der Waals surface area contributed by atoms with Gasteiger partial charge in [0.2, 0.25) is 0 Å². The lowest BCUT2D eigenvalue weighted by Gasteiger charge is -2.21. The molecule has 3 N–H and O–H groups in total. The van der Waals surface area contributed by atoms with E-state index in [0.29, 0.717) is 31.6 Å². The van der Waals surface area contributed by atoms with Crippen molar-refractivity contribution in [3.8, 4) is 0 Å². The minimum atomic E-state index is -4.96. The molecule has 0 saturated heterocycles. The van der Waals surface area contributed by atoms with Crippen LogP contribution in [0, 0.1) is 17.8 Å². The standard InChI is InChI=1S/C70H132O17P2/c1-8-10-11-12-13-14-15-16-17-18-21-25-30-39-46-53-69(74)86-65(57-80-67(72)51-44-37-29-24-22-19-20-23-27-34-41-48-61(3)4)59-84-88(76,77)82-55-64(71)56-83-89(78,79)85-60-66(87-70(75)54-47-40-33-32-36-43-50-63(7)9-2)58-81-68(73)52-45-38-31-26-28-35-42-49-62(5)6/h14-17,61-66,71H,8-13,18-60H2,1-7H3,(H,76,77)(H,78,79)/b15-14-,17-16-/t63?,64?,65-,66-/m1/s1. The Balaban J connectivity index is 5.29. The summed E-state index contributed by atoms with van der Waals surface area (Å²) >= 11 is 0. The molecule has 6 atom stereocenters. The van der Waals surface area contributed by atoms with Crippen LogP contribution in [0.5, 0.6) is 0 Å². The normalized spacial score (nSPS) is 14.7. The third kappa shape index (κ3) is 62.7. The van der Waals surface area contributed by atoms with Crippen LogP contribution >= 0.6 is 15.6 Å². The van der Waals surface area contributed by atoms with Gasteiger partial charge in [-0.15, -0.1) is 0 Å². The molecule has 0 aromatic carbocycles. The lowest BCUT2D eigenvalue weighted by Crippen LogP contribution is -2.30. The number of allylic oxidation sites excluding steroid dienone is 4. The summed E-state index contributed by atoms with van der Waals surface area (Å²) < 4.78 is 68.2. The van der Waals surface area contributed by atoms with Gasteiger partial charge in [0.1, 0.15) is 19.3 Å². The molecule has 0 heterocycles. The van der Waals surface area contributed by atoms with Gasteiger partial charge in [0.05, 0.1) is 26.4 Å². The van der Waals surface area contributed by atoms with Crippen LogP contribution in [0.2, 0.25) is 0 Å². The lowest BCUT2D eigenvalue weighted by molar-refractivity contribution is -0.161. The maximum Gasteiger partial charge on any atom is 0.472 e. The minimum absolute atomic E-state index is 0.0843. The van der Waals surface area contributed by atoms with Crippen LogP contribution < -0.4 is 0 Å². The van der Waals surface area contributed by atoms with Gasteiger partial charge in [-0.25, -0.2) is 9.13 Å². The Morgan fingerprint density at radius 1 is 0.371 bits per heavy atom. The molecule has 524 valence electrons. The molecular formula is C70H132O17P2. The van der Waals surface area contributed by atoms with E-state index in [2.05, 4.69) is 72.8 Å². The molecule has 0 aromatic heterocycles. The number of phosphoric ester groups is 2. The smallest absolute Gasteiger partial charge is 0.462 e. The molecular weight excluding hydrogens is 1170 g/mol. The summed E-state index contributed by atoms with van der Waals surface area (Å²) in [6, 6.07) is 0. The first kappa shape index (κ1) is 86.5. The van der Waals surface area contributed by atoms with Crippen LogP contribution in [0.1, 0.15) is 325 Å². The van der Waals surface area contributed by atoms with Gasteiger partial charge in [0, 0.05) is 25.7 Å². The van der Waals surface area contributed by atoms with E-state index in [4.69, 9.17) is 37.0 Å². The van der Waals surface area contributed by atoms with Crippen molar-refractivity contribution in [1.82, 2.24) is 0 Å². The average molecular weight is 1310 g/mol. The average Bonchev–Trinajstić information content (AvgIpc) is 3.69. The first-order chi connectivity index (χ1) is 42.8. The zero-order chi connectivity index (χ0) is 65.9. The third-order valence-electron chi connectivity index (χ3n) is 15.9. The van der Waals surface area contributed by atoms with Gasteiger partial charge in [-0.3, -0.25) is 37.3 Å². The Hall–Kier alpha value is -2.46. The van der Waals surface area contributed by atoms with Crippen molar-refractivity contribution in [3.63, 3.8) is 0 Å². The van der Waals surface area contributed by atoms with Crippen LogP contribution in [0.25, 0.3) is 0 Å². The first-order valence-corrected chi connectivity index (χ1v) is 38.7. The fraction of sp³-hybridized carbons (Fsp3) is 0.886. The van der Waals surface area contributed by atoms with Crippen molar-refractivity contribution >= 4 is 39.5 Å². The van der Waals surface area contributed by atoms with Crippen molar-refractivity contribution in [2.75, 3.05) is 39.6 Å². The number of phosphoric acid groups is 2. The maximum absolute atomic E-state index is 13.0. The number of ether oxygens (including phenoxy) is 4. The Bertz CT molecular complexity index is 1840. The highest BCUT2D eigenvalue weighted by Gasteiger charge is 2.30. The van der Waals surface area contributed by atoms with Gasteiger partial charge in [-0.1, -0.05) is 272 Å². The fourth-order valence-corrected chi connectivity index (χ4v) is 11.5. The Morgan fingerprint density at radius 2 is 0.663 bits per heavy atom. The van der Waals surface area contributed by atoms with Gasteiger partial charge < -0.3 is 33.8 Å². The molecule has 0 aliphatic heterocycles. The van der Waals surface area contributed by atoms with Gasteiger partial charge >= 0.3 is 39.5 Å². The minimum Gasteiger partial charge on any atom is -0.462 e. The van der Waals surface area contributed by atoms with Crippen molar-refractivity contribution in [2.45, 2.75) is 343 Å². The van der Waals surface area contributed by atoms with Gasteiger partial charge in [-0.05, 0) is 69.1 Å². The van der Waals surface area contributed by atoms with Crippen LogP contribution in [0.15, 0.2) is 24.3 Å². The number of aliphatic hydroxyl groups is 1. The molecule has 17 nitrogen and oxygen atoms in total. The number of carbonyl (C=O) groups is 4. The van der Waals surface area contributed by atoms with Crippen molar-refractivity contribution in [1.29, 1.82) is 0 Å². The Labute approximate surface area is 542 Å². The quantitative estimate of drug-likeness (QED) is 0.0169. The molecule has 0 spiro atoms. The first-order valence-electron chi connectivity index (χ1n) is 35.7. The van der Waals surface area contributed by atoms with Crippen molar-refractivity contribution in [2.24, 2.45) is 17.8 Å². The second kappa shape index (κ2) is 60.5.